The molecule has 0 atom stereocenters. The molecule has 94 valence electrons. The molecule has 17 heavy (non-hydrogen) atoms. The van der Waals surface area contributed by atoms with Crippen molar-refractivity contribution in [3.8, 4) is 0 Å². The zero-order chi connectivity index (χ0) is 13.2. The molecule has 0 bridgehead atoms. The Bertz CT molecular complexity index is 424. The van der Waals surface area contributed by atoms with Crippen molar-refractivity contribution in [2.45, 2.75) is 34.6 Å². The first-order valence-corrected chi connectivity index (χ1v) is 6.51. The van der Waals surface area contributed by atoms with E-state index in [0.29, 0.717) is 12.4 Å². The van der Waals surface area contributed by atoms with Crippen LogP contribution in [0, 0.1) is 12.3 Å². The minimum atomic E-state index is -0.394. The summed E-state index contributed by atoms with van der Waals surface area (Å²) in [6.07, 6.45) is 0. The molecule has 0 fully saturated rings. The van der Waals surface area contributed by atoms with Gasteiger partial charge >= 0.3 is 0 Å². The van der Waals surface area contributed by atoms with E-state index in [-0.39, 0.29) is 5.91 Å². The summed E-state index contributed by atoms with van der Waals surface area (Å²) in [5.74, 6) is 0.785. The van der Waals surface area contributed by atoms with Gasteiger partial charge in [-0.15, -0.1) is 0 Å². The van der Waals surface area contributed by atoms with Crippen molar-refractivity contribution in [2.75, 3.05) is 11.4 Å². The Labute approximate surface area is 111 Å². The maximum atomic E-state index is 12.3. The number of carbonyl (C=O) groups excluding carboxylic acids is 1. The second kappa shape index (κ2) is 5.17. The molecule has 1 amide bonds. The third kappa shape index (κ3) is 3.28. The molecule has 1 aromatic rings. The number of nitrogens with zero attached hydrogens (tertiary/aromatic N) is 2. The summed E-state index contributed by atoms with van der Waals surface area (Å²) in [6.45, 7) is 10.3. The summed E-state index contributed by atoms with van der Waals surface area (Å²) in [4.78, 5) is 18.4. The number of aryl methyl sites for hydroxylation is 1. The molecule has 0 aliphatic carbocycles. The average molecular weight is 299 g/mol. The molecule has 1 heterocycles. The fourth-order valence-electron chi connectivity index (χ4n) is 1.46. The molecule has 0 aliphatic rings. The monoisotopic (exact) mass is 298 g/mol. The summed E-state index contributed by atoms with van der Waals surface area (Å²) in [6, 6.07) is 3.85. The molecule has 0 radical (unpaired) electrons. The molecule has 1 rings (SSSR count). The van der Waals surface area contributed by atoms with E-state index >= 15 is 0 Å². The number of anilines is 1. The topological polar surface area (TPSA) is 33.2 Å². The lowest BCUT2D eigenvalue weighted by atomic mass is 9.94. The van der Waals surface area contributed by atoms with Crippen molar-refractivity contribution < 1.29 is 4.79 Å². The van der Waals surface area contributed by atoms with Crippen molar-refractivity contribution >= 4 is 27.7 Å². The third-order valence-corrected chi connectivity index (χ3v) is 3.30. The molecule has 0 spiro atoms. The second-order valence-electron chi connectivity index (χ2n) is 5.08. The van der Waals surface area contributed by atoms with Gasteiger partial charge in [0.25, 0.3) is 0 Å². The maximum Gasteiger partial charge on any atom is 0.233 e. The van der Waals surface area contributed by atoms with E-state index < -0.39 is 5.41 Å². The minimum absolute atomic E-state index is 0.0863. The van der Waals surface area contributed by atoms with Gasteiger partial charge in [-0.25, -0.2) is 4.98 Å². The van der Waals surface area contributed by atoms with E-state index in [1.54, 1.807) is 4.90 Å². The van der Waals surface area contributed by atoms with Gasteiger partial charge in [-0.1, -0.05) is 26.8 Å². The molecular weight excluding hydrogens is 280 g/mol. The Morgan fingerprint density at radius 1 is 1.41 bits per heavy atom. The molecule has 0 aliphatic heterocycles. The van der Waals surface area contributed by atoms with Gasteiger partial charge < -0.3 is 0 Å². The highest BCUT2D eigenvalue weighted by molar-refractivity contribution is 9.10. The van der Waals surface area contributed by atoms with Crippen LogP contribution < -0.4 is 4.90 Å². The van der Waals surface area contributed by atoms with Crippen molar-refractivity contribution in [3.05, 3.63) is 22.3 Å². The van der Waals surface area contributed by atoms with E-state index in [0.717, 1.165) is 10.2 Å². The number of hydrogen-bond acceptors (Lipinski definition) is 2. The molecule has 0 saturated heterocycles. The SMILES string of the molecule is CCN(C(=O)C(C)(C)C)c1ccc(C)c(Br)n1. The van der Waals surface area contributed by atoms with Crippen LogP contribution >= 0.6 is 15.9 Å². The molecule has 0 aromatic carbocycles. The van der Waals surface area contributed by atoms with E-state index in [2.05, 4.69) is 20.9 Å². The molecule has 0 N–H and O–H groups in total. The smallest absolute Gasteiger partial charge is 0.233 e. The largest absolute Gasteiger partial charge is 0.297 e. The van der Waals surface area contributed by atoms with Crippen LogP contribution in [-0.4, -0.2) is 17.4 Å². The van der Waals surface area contributed by atoms with Crippen LogP contribution in [0.5, 0.6) is 0 Å². The first kappa shape index (κ1) is 14.2. The lowest BCUT2D eigenvalue weighted by molar-refractivity contribution is -0.125. The zero-order valence-electron chi connectivity index (χ0n) is 11.0. The lowest BCUT2D eigenvalue weighted by Crippen LogP contribution is -2.40. The van der Waals surface area contributed by atoms with Crippen molar-refractivity contribution in [1.29, 1.82) is 0 Å². The Hall–Kier alpha value is -0.900. The highest BCUT2D eigenvalue weighted by Gasteiger charge is 2.28. The van der Waals surface area contributed by atoms with Gasteiger partial charge in [0, 0.05) is 12.0 Å². The zero-order valence-corrected chi connectivity index (χ0v) is 12.6. The van der Waals surface area contributed by atoms with Crippen LogP contribution in [0.15, 0.2) is 16.7 Å². The van der Waals surface area contributed by atoms with Crippen LogP contribution in [-0.2, 0) is 4.79 Å². The lowest BCUT2D eigenvalue weighted by Gasteiger charge is -2.27. The highest BCUT2D eigenvalue weighted by atomic mass is 79.9. The van der Waals surface area contributed by atoms with Crippen molar-refractivity contribution in [1.82, 2.24) is 4.98 Å². The Morgan fingerprint density at radius 3 is 2.41 bits per heavy atom. The van der Waals surface area contributed by atoms with E-state index in [4.69, 9.17) is 0 Å². The second-order valence-corrected chi connectivity index (χ2v) is 5.83. The Kier molecular flexibility index (Phi) is 4.31. The summed E-state index contributed by atoms with van der Waals surface area (Å²) >= 11 is 3.39. The standard InChI is InChI=1S/C13H19BrN2O/c1-6-16(12(17)13(3,4)5)10-8-7-9(2)11(14)15-10/h7-8H,6H2,1-5H3. The predicted molar refractivity (Wildman–Crippen MR) is 74.2 cm³/mol. The summed E-state index contributed by atoms with van der Waals surface area (Å²) in [5.41, 5.74) is 0.669. The summed E-state index contributed by atoms with van der Waals surface area (Å²) in [7, 11) is 0. The minimum Gasteiger partial charge on any atom is -0.297 e. The normalized spacial score (nSPS) is 11.4. The number of hydrogen-bond donors (Lipinski definition) is 0. The number of amides is 1. The summed E-state index contributed by atoms with van der Waals surface area (Å²) < 4.78 is 0.787. The first-order valence-electron chi connectivity index (χ1n) is 5.72. The highest BCUT2D eigenvalue weighted by Crippen LogP contribution is 2.24. The van der Waals surface area contributed by atoms with Gasteiger partial charge in [0.15, 0.2) is 0 Å². The number of aromatic nitrogens is 1. The van der Waals surface area contributed by atoms with Gasteiger partial charge in [-0.3, -0.25) is 9.69 Å². The third-order valence-electron chi connectivity index (χ3n) is 2.50. The molecule has 0 unspecified atom stereocenters. The number of rotatable bonds is 2. The van der Waals surface area contributed by atoms with E-state index in [9.17, 15) is 4.79 Å². The number of halogens is 1. The van der Waals surface area contributed by atoms with Crippen LogP contribution in [0.1, 0.15) is 33.3 Å². The average Bonchev–Trinajstić information content (AvgIpc) is 2.23. The summed E-state index contributed by atoms with van der Waals surface area (Å²) in [5, 5.41) is 0. The van der Waals surface area contributed by atoms with Gasteiger partial charge in [0.05, 0.1) is 0 Å². The maximum absolute atomic E-state index is 12.3. The fourth-order valence-corrected chi connectivity index (χ4v) is 1.77. The van der Waals surface area contributed by atoms with Gasteiger partial charge in [0.2, 0.25) is 5.91 Å². The number of carbonyl (C=O) groups is 1. The molecule has 3 nitrogen and oxygen atoms in total. The van der Waals surface area contributed by atoms with Gasteiger partial charge in [0.1, 0.15) is 10.4 Å². The number of pyridine rings is 1. The van der Waals surface area contributed by atoms with Crippen LogP contribution in [0.25, 0.3) is 0 Å². The fraction of sp³-hybridized carbons (Fsp3) is 0.538. The molecule has 4 heteroatoms. The van der Waals surface area contributed by atoms with Gasteiger partial charge in [-0.05, 0) is 41.4 Å². The molecule has 1 aromatic heterocycles. The Morgan fingerprint density at radius 2 is 2.00 bits per heavy atom. The van der Waals surface area contributed by atoms with Crippen LogP contribution in [0.2, 0.25) is 0 Å². The quantitative estimate of drug-likeness (QED) is 0.782. The van der Waals surface area contributed by atoms with Crippen molar-refractivity contribution in [3.63, 3.8) is 0 Å². The predicted octanol–water partition coefficient (Wildman–Crippen LogP) is 3.55. The molecular formula is C13H19BrN2O. The van der Waals surface area contributed by atoms with E-state index in [1.165, 1.54) is 0 Å². The first-order chi connectivity index (χ1) is 7.77. The van der Waals surface area contributed by atoms with Crippen LogP contribution in [0.4, 0.5) is 5.82 Å². The van der Waals surface area contributed by atoms with Crippen LogP contribution in [0.3, 0.4) is 0 Å². The van der Waals surface area contributed by atoms with Gasteiger partial charge in [-0.2, -0.15) is 0 Å². The Balaban J connectivity index is 3.10. The van der Waals surface area contributed by atoms with E-state index in [1.807, 2.05) is 46.8 Å². The molecule has 0 saturated carbocycles. The van der Waals surface area contributed by atoms with Crippen molar-refractivity contribution in [2.24, 2.45) is 5.41 Å².